The summed E-state index contributed by atoms with van der Waals surface area (Å²) in [5.74, 6) is -1.46. The van der Waals surface area contributed by atoms with E-state index >= 15 is 0 Å². The van der Waals surface area contributed by atoms with Crippen LogP contribution in [-0.4, -0.2) is 17.4 Å². The Balaban J connectivity index is 2.27. The van der Waals surface area contributed by atoms with Crippen LogP contribution in [0.4, 0.5) is 11.4 Å². The van der Waals surface area contributed by atoms with Gasteiger partial charge in [0.1, 0.15) is 5.57 Å². The summed E-state index contributed by atoms with van der Waals surface area (Å²) in [5.41, 5.74) is 2.24. The molecule has 0 aromatic heterocycles. The molecule has 30 heavy (non-hydrogen) atoms. The summed E-state index contributed by atoms with van der Waals surface area (Å²) in [6.45, 7) is 5.40. The van der Waals surface area contributed by atoms with E-state index in [1.807, 2.05) is 0 Å². The van der Waals surface area contributed by atoms with Crippen molar-refractivity contribution >= 4 is 69.6 Å². The van der Waals surface area contributed by atoms with E-state index in [2.05, 4.69) is 16.1 Å². The number of carbonyl (C=O) groups is 2. The van der Waals surface area contributed by atoms with E-state index in [9.17, 15) is 9.59 Å². The lowest BCUT2D eigenvalue weighted by Crippen LogP contribution is -2.30. The maximum absolute atomic E-state index is 12.8. The summed E-state index contributed by atoms with van der Waals surface area (Å²) >= 11 is 23.9. The molecule has 0 saturated heterocycles. The van der Waals surface area contributed by atoms with Gasteiger partial charge in [-0.25, -0.2) is 0 Å². The van der Waals surface area contributed by atoms with Crippen molar-refractivity contribution in [1.29, 1.82) is 0 Å². The SMILES string of the molecule is CC(C)(C)ONC=C(C(=O)Nc1ccc(Cl)cc1Cl)C(=O)Nc1ccc(Cl)cc1Cl. The van der Waals surface area contributed by atoms with Gasteiger partial charge in [0, 0.05) is 16.2 Å². The molecule has 0 unspecified atom stereocenters. The quantitative estimate of drug-likeness (QED) is 0.198. The fourth-order valence-corrected chi connectivity index (χ4v) is 2.97. The van der Waals surface area contributed by atoms with Crippen LogP contribution in [0.15, 0.2) is 48.2 Å². The minimum atomic E-state index is -0.730. The first-order chi connectivity index (χ1) is 14.0. The highest BCUT2D eigenvalue weighted by atomic mass is 35.5. The second kappa shape index (κ2) is 10.4. The van der Waals surface area contributed by atoms with Crippen LogP contribution in [0.5, 0.6) is 0 Å². The van der Waals surface area contributed by atoms with Gasteiger partial charge in [0.25, 0.3) is 11.8 Å². The van der Waals surface area contributed by atoms with Crippen molar-refractivity contribution in [3.8, 4) is 0 Å². The first kappa shape index (κ1) is 24.3. The zero-order valence-electron chi connectivity index (χ0n) is 16.3. The van der Waals surface area contributed by atoms with Gasteiger partial charge in [-0.3, -0.25) is 19.9 Å². The predicted octanol–water partition coefficient (Wildman–Crippen LogP) is 6.08. The normalized spacial score (nSPS) is 10.9. The van der Waals surface area contributed by atoms with Gasteiger partial charge in [-0.05, 0) is 57.2 Å². The molecule has 6 nitrogen and oxygen atoms in total. The van der Waals surface area contributed by atoms with Crippen LogP contribution in [0.1, 0.15) is 20.8 Å². The molecule has 2 amide bonds. The molecule has 0 spiro atoms. The first-order valence-electron chi connectivity index (χ1n) is 8.63. The molecular weight excluding hydrogens is 472 g/mol. The van der Waals surface area contributed by atoms with Crippen molar-refractivity contribution in [3.05, 3.63) is 68.3 Å². The number of nitrogens with one attached hydrogen (secondary N) is 3. The molecule has 0 aliphatic rings. The molecule has 0 atom stereocenters. The van der Waals surface area contributed by atoms with Crippen LogP contribution >= 0.6 is 46.4 Å². The zero-order valence-corrected chi connectivity index (χ0v) is 19.3. The Morgan fingerprint density at radius 2 is 1.27 bits per heavy atom. The molecule has 2 aromatic rings. The highest BCUT2D eigenvalue weighted by molar-refractivity contribution is 6.38. The monoisotopic (exact) mass is 489 g/mol. The lowest BCUT2D eigenvalue weighted by Gasteiger charge is -2.19. The summed E-state index contributed by atoms with van der Waals surface area (Å²) in [5, 5.41) is 6.38. The Morgan fingerprint density at radius 3 is 1.63 bits per heavy atom. The minimum absolute atomic E-state index is 0.218. The number of halogens is 4. The Hall–Kier alpha value is -1.96. The first-order valence-corrected chi connectivity index (χ1v) is 10.1. The summed E-state index contributed by atoms with van der Waals surface area (Å²) in [4.78, 5) is 31.0. The number of carbonyl (C=O) groups excluding carboxylic acids is 2. The van der Waals surface area contributed by atoms with E-state index < -0.39 is 17.4 Å². The average Bonchev–Trinajstić information content (AvgIpc) is 2.62. The van der Waals surface area contributed by atoms with E-state index in [4.69, 9.17) is 51.2 Å². The number of anilines is 2. The topological polar surface area (TPSA) is 79.5 Å². The van der Waals surface area contributed by atoms with Crippen LogP contribution in [-0.2, 0) is 14.4 Å². The lowest BCUT2D eigenvalue weighted by molar-refractivity contribution is -0.118. The predicted molar refractivity (Wildman–Crippen MR) is 122 cm³/mol. The number of hydrogen-bond acceptors (Lipinski definition) is 4. The summed E-state index contributed by atoms with van der Waals surface area (Å²) < 4.78 is 0. The van der Waals surface area contributed by atoms with Crippen LogP contribution in [0, 0.1) is 0 Å². The number of benzene rings is 2. The molecule has 10 heteroatoms. The van der Waals surface area contributed by atoms with Gasteiger partial charge in [-0.15, -0.1) is 0 Å². The highest BCUT2D eigenvalue weighted by Crippen LogP contribution is 2.27. The molecule has 0 heterocycles. The average molecular weight is 491 g/mol. The third kappa shape index (κ3) is 7.38. The third-order valence-electron chi connectivity index (χ3n) is 3.42. The van der Waals surface area contributed by atoms with Crippen LogP contribution < -0.4 is 16.1 Å². The van der Waals surface area contributed by atoms with Crippen molar-refractivity contribution in [2.45, 2.75) is 26.4 Å². The number of hydrogen-bond donors (Lipinski definition) is 3. The Morgan fingerprint density at radius 1 is 0.833 bits per heavy atom. The maximum atomic E-state index is 12.8. The lowest BCUT2D eigenvalue weighted by atomic mass is 10.2. The van der Waals surface area contributed by atoms with Crippen LogP contribution in [0.3, 0.4) is 0 Å². The molecule has 0 bridgehead atoms. The van der Waals surface area contributed by atoms with Crippen molar-refractivity contribution in [1.82, 2.24) is 5.48 Å². The molecule has 0 fully saturated rings. The number of rotatable bonds is 6. The second-order valence-electron chi connectivity index (χ2n) is 7.05. The van der Waals surface area contributed by atoms with E-state index in [1.165, 1.54) is 24.3 Å². The van der Waals surface area contributed by atoms with Crippen molar-refractivity contribution in [3.63, 3.8) is 0 Å². The zero-order chi connectivity index (χ0) is 22.5. The molecule has 0 aliphatic heterocycles. The summed E-state index contributed by atoms with van der Waals surface area (Å²) in [6, 6.07) is 9.09. The van der Waals surface area contributed by atoms with Crippen molar-refractivity contribution in [2.24, 2.45) is 0 Å². The second-order valence-corrected chi connectivity index (χ2v) is 8.73. The van der Waals surface area contributed by atoms with Crippen LogP contribution in [0.25, 0.3) is 0 Å². The standard InChI is InChI=1S/C20H19Cl4N3O3/c1-20(2,3)30-25-10-13(18(28)26-16-6-4-11(21)8-14(16)23)19(29)27-17-7-5-12(22)9-15(17)24/h4-10,25H,1-3H3,(H,26,28)(H,27,29). The van der Waals surface area contributed by atoms with E-state index in [0.717, 1.165) is 6.20 Å². The Kier molecular flexibility index (Phi) is 8.41. The van der Waals surface area contributed by atoms with E-state index in [1.54, 1.807) is 32.9 Å². The van der Waals surface area contributed by atoms with Crippen molar-refractivity contribution in [2.75, 3.05) is 10.6 Å². The molecular formula is C20H19Cl4N3O3. The fraction of sp³-hybridized carbons (Fsp3) is 0.200. The molecule has 0 radical (unpaired) electrons. The van der Waals surface area contributed by atoms with Gasteiger partial charge in [0.05, 0.1) is 27.0 Å². The summed E-state index contributed by atoms with van der Waals surface area (Å²) in [7, 11) is 0. The smallest absolute Gasteiger partial charge is 0.262 e. The van der Waals surface area contributed by atoms with Gasteiger partial charge in [-0.2, -0.15) is 0 Å². The molecule has 3 N–H and O–H groups in total. The minimum Gasteiger partial charge on any atom is -0.320 e. The molecule has 0 aliphatic carbocycles. The van der Waals surface area contributed by atoms with E-state index in [0.29, 0.717) is 10.0 Å². The highest BCUT2D eigenvalue weighted by Gasteiger charge is 2.21. The molecule has 0 saturated carbocycles. The van der Waals surface area contributed by atoms with Crippen LogP contribution in [0.2, 0.25) is 20.1 Å². The van der Waals surface area contributed by atoms with Gasteiger partial charge in [0.2, 0.25) is 0 Å². The number of hydroxylamine groups is 1. The maximum Gasteiger partial charge on any atom is 0.262 e. The summed E-state index contributed by atoms with van der Waals surface area (Å²) in [6.07, 6.45) is 1.14. The van der Waals surface area contributed by atoms with Gasteiger partial charge >= 0.3 is 0 Å². The number of amides is 2. The molecule has 2 aromatic carbocycles. The van der Waals surface area contributed by atoms with E-state index in [-0.39, 0.29) is 27.0 Å². The largest absolute Gasteiger partial charge is 0.320 e. The fourth-order valence-electron chi connectivity index (χ4n) is 2.06. The van der Waals surface area contributed by atoms with Gasteiger partial charge in [0.15, 0.2) is 0 Å². The Bertz CT molecular complexity index is 920. The molecule has 160 valence electrons. The van der Waals surface area contributed by atoms with Gasteiger partial charge < -0.3 is 10.6 Å². The molecule has 2 rings (SSSR count). The Labute approximate surface area is 194 Å². The van der Waals surface area contributed by atoms with Gasteiger partial charge in [-0.1, -0.05) is 46.4 Å². The third-order valence-corrected chi connectivity index (χ3v) is 4.51. The van der Waals surface area contributed by atoms with Crippen molar-refractivity contribution < 1.29 is 14.4 Å².